The zero-order valence-electron chi connectivity index (χ0n) is 17.6. The summed E-state index contributed by atoms with van der Waals surface area (Å²) in [5.41, 5.74) is 1.60. The Morgan fingerprint density at radius 3 is 2.50 bits per heavy atom. The Kier molecular flexibility index (Phi) is 9.38. The number of carbonyl (C=O) groups is 2. The lowest BCUT2D eigenvalue weighted by molar-refractivity contribution is -0.130. The molecular formula is C25H28O5. The highest BCUT2D eigenvalue weighted by Crippen LogP contribution is 2.19. The van der Waals surface area contributed by atoms with Crippen molar-refractivity contribution in [3.8, 4) is 5.75 Å². The van der Waals surface area contributed by atoms with Gasteiger partial charge in [0.2, 0.25) is 0 Å². The second-order valence-corrected chi connectivity index (χ2v) is 6.70. The lowest BCUT2D eigenvalue weighted by atomic mass is 10.1. The van der Waals surface area contributed by atoms with Gasteiger partial charge in [0, 0.05) is 11.1 Å². The summed E-state index contributed by atoms with van der Waals surface area (Å²) in [7, 11) is 1.31. The number of carbonyl (C=O) groups excluding carboxylic acids is 2. The van der Waals surface area contributed by atoms with Gasteiger partial charge >= 0.3 is 11.9 Å². The third-order valence-corrected chi connectivity index (χ3v) is 4.39. The lowest BCUT2D eigenvalue weighted by Crippen LogP contribution is -2.11. The Morgan fingerprint density at radius 1 is 1.03 bits per heavy atom. The number of hydrogen-bond donors (Lipinski definition) is 0. The smallest absolute Gasteiger partial charge is 0.339 e. The summed E-state index contributed by atoms with van der Waals surface area (Å²) >= 11 is 0. The van der Waals surface area contributed by atoms with Gasteiger partial charge < -0.3 is 14.2 Å². The number of hydrogen-bond acceptors (Lipinski definition) is 5. The average molecular weight is 408 g/mol. The molecule has 0 amide bonds. The molecule has 2 rings (SSSR count). The van der Waals surface area contributed by atoms with Crippen molar-refractivity contribution in [3.63, 3.8) is 0 Å². The van der Waals surface area contributed by atoms with E-state index in [1.54, 1.807) is 36.4 Å². The maximum absolute atomic E-state index is 12.7. The molecule has 0 N–H and O–H groups in total. The van der Waals surface area contributed by atoms with Crippen LogP contribution in [0.5, 0.6) is 5.75 Å². The van der Waals surface area contributed by atoms with E-state index in [0.29, 0.717) is 35.7 Å². The first-order valence-electron chi connectivity index (χ1n) is 10.0. The van der Waals surface area contributed by atoms with Crippen molar-refractivity contribution in [1.82, 2.24) is 0 Å². The number of benzene rings is 1. The van der Waals surface area contributed by atoms with Crippen LogP contribution in [-0.2, 0) is 14.3 Å². The molecule has 5 nitrogen and oxygen atoms in total. The van der Waals surface area contributed by atoms with Crippen LogP contribution in [-0.4, -0.2) is 25.7 Å². The van der Waals surface area contributed by atoms with E-state index < -0.39 is 11.9 Å². The summed E-state index contributed by atoms with van der Waals surface area (Å²) in [6.07, 6.45) is 14.5. The fourth-order valence-corrected chi connectivity index (χ4v) is 2.65. The molecule has 5 heteroatoms. The van der Waals surface area contributed by atoms with E-state index in [1.165, 1.54) is 7.11 Å². The molecule has 158 valence electrons. The minimum absolute atomic E-state index is 0.346. The highest BCUT2D eigenvalue weighted by molar-refractivity contribution is 5.91. The molecule has 0 unspecified atom stereocenters. The fourth-order valence-electron chi connectivity index (χ4n) is 2.65. The number of rotatable bonds is 8. The molecule has 1 aliphatic carbocycles. The van der Waals surface area contributed by atoms with E-state index in [-0.39, 0.29) is 0 Å². The van der Waals surface area contributed by atoms with Crippen LogP contribution in [0.25, 0.3) is 0 Å². The molecule has 0 aliphatic heterocycles. The van der Waals surface area contributed by atoms with Gasteiger partial charge in [0.1, 0.15) is 11.5 Å². The van der Waals surface area contributed by atoms with Crippen LogP contribution in [0.1, 0.15) is 43.0 Å². The molecule has 0 radical (unpaired) electrons. The molecule has 0 fully saturated rings. The van der Waals surface area contributed by atoms with Crippen molar-refractivity contribution in [2.75, 3.05) is 13.7 Å². The van der Waals surface area contributed by atoms with Crippen LogP contribution in [0.15, 0.2) is 84.2 Å². The predicted octanol–water partition coefficient (Wildman–Crippen LogP) is 5.47. The number of methoxy groups -OCH3 is 1. The van der Waals surface area contributed by atoms with Gasteiger partial charge in [-0.3, -0.25) is 0 Å². The summed E-state index contributed by atoms with van der Waals surface area (Å²) in [4.78, 5) is 24.2. The van der Waals surface area contributed by atoms with E-state index in [1.807, 2.05) is 24.3 Å². The molecule has 0 bridgehead atoms. The molecule has 0 saturated carbocycles. The number of ether oxygens (including phenoxy) is 3. The second-order valence-electron chi connectivity index (χ2n) is 6.70. The monoisotopic (exact) mass is 408 g/mol. The van der Waals surface area contributed by atoms with E-state index in [9.17, 15) is 9.59 Å². The third kappa shape index (κ3) is 7.24. The Labute approximate surface area is 178 Å². The van der Waals surface area contributed by atoms with Gasteiger partial charge in [-0.1, -0.05) is 50.6 Å². The summed E-state index contributed by atoms with van der Waals surface area (Å²) in [5, 5.41) is 0. The van der Waals surface area contributed by atoms with Gasteiger partial charge in [0.25, 0.3) is 0 Å². The van der Waals surface area contributed by atoms with Crippen molar-refractivity contribution >= 4 is 11.9 Å². The normalized spacial score (nSPS) is 17.7. The minimum Gasteiger partial charge on any atom is -0.493 e. The Hall–Kier alpha value is -3.34. The Balaban J connectivity index is 2.14. The van der Waals surface area contributed by atoms with Gasteiger partial charge in [-0.2, -0.15) is 0 Å². The molecule has 0 heterocycles. The Morgan fingerprint density at radius 2 is 1.80 bits per heavy atom. The van der Waals surface area contributed by atoms with Crippen LogP contribution in [0.3, 0.4) is 0 Å². The van der Waals surface area contributed by atoms with Gasteiger partial charge in [0.15, 0.2) is 0 Å². The van der Waals surface area contributed by atoms with Crippen LogP contribution in [0.2, 0.25) is 0 Å². The molecule has 0 atom stereocenters. The van der Waals surface area contributed by atoms with Crippen molar-refractivity contribution in [3.05, 3.63) is 89.8 Å². The van der Waals surface area contributed by atoms with Gasteiger partial charge in [-0.25, -0.2) is 9.59 Å². The summed E-state index contributed by atoms with van der Waals surface area (Å²) in [5.74, 6) is 0.0597. The molecule has 0 aromatic heterocycles. The predicted molar refractivity (Wildman–Crippen MR) is 117 cm³/mol. The largest absolute Gasteiger partial charge is 0.493 e. The van der Waals surface area contributed by atoms with Crippen molar-refractivity contribution in [2.24, 2.45) is 0 Å². The van der Waals surface area contributed by atoms with Gasteiger partial charge in [0.05, 0.1) is 19.3 Å². The lowest BCUT2D eigenvalue weighted by Gasteiger charge is -2.11. The third-order valence-electron chi connectivity index (χ3n) is 4.39. The SMILES string of the molecule is C=C1/C=C\C=C/C/C(C(=O)Oc2ccc(C(=O)OC)cc2)=C\C=C1OCCCCC. The highest BCUT2D eigenvalue weighted by atomic mass is 16.5. The number of esters is 2. The highest BCUT2D eigenvalue weighted by Gasteiger charge is 2.13. The quantitative estimate of drug-likeness (QED) is 0.324. The van der Waals surface area contributed by atoms with Crippen LogP contribution >= 0.6 is 0 Å². The first-order valence-corrected chi connectivity index (χ1v) is 10.0. The molecule has 1 aromatic carbocycles. The first-order chi connectivity index (χ1) is 14.5. The molecule has 30 heavy (non-hydrogen) atoms. The summed E-state index contributed by atoms with van der Waals surface area (Å²) in [6.45, 7) is 6.78. The maximum Gasteiger partial charge on any atom is 0.339 e. The van der Waals surface area contributed by atoms with Crippen molar-refractivity contribution in [1.29, 1.82) is 0 Å². The summed E-state index contributed by atoms with van der Waals surface area (Å²) in [6, 6.07) is 6.22. The molecule has 1 aliphatic rings. The van der Waals surface area contributed by atoms with E-state index >= 15 is 0 Å². The number of unbranched alkanes of at least 4 members (excludes halogenated alkanes) is 2. The second kappa shape index (κ2) is 12.3. The maximum atomic E-state index is 12.7. The summed E-state index contributed by atoms with van der Waals surface area (Å²) < 4.78 is 16.0. The van der Waals surface area contributed by atoms with E-state index in [0.717, 1.165) is 24.8 Å². The van der Waals surface area contributed by atoms with Crippen LogP contribution < -0.4 is 4.74 Å². The van der Waals surface area contributed by atoms with Crippen LogP contribution in [0.4, 0.5) is 0 Å². The standard InChI is InChI=1S/C25H28O5/c1-4-5-9-18-29-23-17-14-20(11-8-6-7-10-19(23)2)25(27)30-22-15-12-21(13-16-22)24(26)28-3/h6-8,10,12-17H,2,4-5,9,11,18H2,1,3H3/b8-6-,10-7-,20-14+,23-17?. The topological polar surface area (TPSA) is 61.8 Å². The number of allylic oxidation sites excluding steroid dienone is 6. The van der Waals surface area contributed by atoms with Gasteiger partial charge in [-0.05, 0) is 49.3 Å². The zero-order valence-corrected chi connectivity index (χ0v) is 17.6. The van der Waals surface area contributed by atoms with Gasteiger partial charge in [-0.15, -0.1) is 0 Å². The molecule has 0 spiro atoms. The zero-order chi connectivity index (χ0) is 21.8. The van der Waals surface area contributed by atoms with Crippen molar-refractivity contribution < 1.29 is 23.8 Å². The van der Waals surface area contributed by atoms with E-state index in [2.05, 4.69) is 18.2 Å². The fraction of sp³-hybridized carbons (Fsp3) is 0.280. The average Bonchev–Trinajstić information content (AvgIpc) is 2.76. The first kappa shape index (κ1) is 22.9. The molecular weight excluding hydrogens is 380 g/mol. The minimum atomic E-state index is -0.470. The molecule has 0 saturated heterocycles. The van der Waals surface area contributed by atoms with Crippen LogP contribution in [0, 0.1) is 0 Å². The molecule has 1 aromatic rings. The van der Waals surface area contributed by atoms with E-state index in [4.69, 9.17) is 9.47 Å². The van der Waals surface area contributed by atoms with Crippen molar-refractivity contribution in [2.45, 2.75) is 32.6 Å². The Bertz CT molecular complexity index is 869.